The van der Waals surface area contributed by atoms with E-state index in [1.165, 1.54) is 0 Å². The van der Waals surface area contributed by atoms with Crippen LogP contribution in [0.1, 0.15) is 24.5 Å². The number of nitrogens with one attached hydrogen (secondary N) is 2. The highest BCUT2D eigenvalue weighted by Gasteiger charge is 2.33. The Morgan fingerprint density at radius 2 is 2.04 bits per heavy atom. The second-order valence-electron chi connectivity index (χ2n) is 6.15. The van der Waals surface area contributed by atoms with Crippen LogP contribution in [0.4, 0.5) is 17.6 Å². The van der Waals surface area contributed by atoms with Gasteiger partial charge in [-0.1, -0.05) is 13.0 Å². The molecule has 148 valence electrons. The van der Waals surface area contributed by atoms with Crippen molar-refractivity contribution in [3.05, 3.63) is 35.1 Å². The molecule has 0 spiro atoms. The third kappa shape index (κ3) is 6.57. The fourth-order valence-electron chi connectivity index (χ4n) is 2.97. The molecule has 1 fully saturated rings. The van der Waals surface area contributed by atoms with Gasteiger partial charge in [-0.25, -0.2) is 4.39 Å². The zero-order chi connectivity index (χ0) is 18.4. The number of alkyl halides is 3. The molecule has 1 aliphatic heterocycles. The van der Waals surface area contributed by atoms with E-state index in [-0.39, 0.29) is 36.1 Å². The van der Waals surface area contributed by atoms with Crippen LogP contribution in [0, 0.1) is 11.7 Å². The molecule has 4 nitrogen and oxygen atoms in total. The van der Waals surface area contributed by atoms with E-state index in [0.717, 1.165) is 38.2 Å². The number of likely N-dealkylation sites (tertiary alicyclic amines) is 1. The van der Waals surface area contributed by atoms with E-state index in [1.54, 1.807) is 7.05 Å². The smallest absolute Gasteiger partial charge is 0.356 e. The zero-order valence-corrected chi connectivity index (χ0v) is 17.2. The summed E-state index contributed by atoms with van der Waals surface area (Å²) < 4.78 is 52.2. The summed E-state index contributed by atoms with van der Waals surface area (Å²) in [5.74, 6) is 0.0303. The zero-order valence-electron chi connectivity index (χ0n) is 14.9. The van der Waals surface area contributed by atoms with Crippen LogP contribution in [0.2, 0.25) is 0 Å². The lowest BCUT2D eigenvalue weighted by Gasteiger charge is -2.18. The molecule has 0 aliphatic carbocycles. The summed E-state index contributed by atoms with van der Waals surface area (Å²) in [4.78, 5) is 6.40. The first-order chi connectivity index (χ1) is 11.8. The van der Waals surface area contributed by atoms with Gasteiger partial charge in [0.25, 0.3) is 0 Å². The molecule has 1 aromatic carbocycles. The molecule has 9 heteroatoms. The van der Waals surface area contributed by atoms with E-state index < -0.39 is 17.6 Å². The summed E-state index contributed by atoms with van der Waals surface area (Å²) in [6, 6.07) is 2.69. The topological polar surface area (TPSA) is 39.7 Å². The van der Waals surface area contributed by atoms with E-state index in [0.29, 0.717) is 24.5 Å². The van der Waals surface area contributed by atoms with Crippen LogP contribution in [-0.2, 0) is 12.7 Å². The predicted octanol–water partition coefficient (Wildman–Crippen LogP) is 3.47. The Balaban J connectivity index is 0.00000338. The highest BCUT2D eigenvalue weighted by atomic mass is 127. The molecule has 0 radical (unpaired) electrons. The minimum absolute atomic E-state index is 0. The number of hydrogen-bond acceptors (Lipinski definition) is 2. The van der Waals surface area contributed by atoms with Crippen molar-refractivity contribution in [2.24, 2.45) is 10.9 Å². The first kappa shape index (κ1) is 22.9. The van der Waals surface area contributed by atoms with Crippen LogP contribution >= 0.6 is 24.0 Å². The maximum absolute atomic E-state index is 13.1. The van der Waals surface area contributed by atoms with E-state index in [9.17, 15) is 17.6 Å². The van der Waals surface area contributed by atoms with Gasteiger partial charge in [-0.2, -0.15) is 13.2 Å². The summed E-state index contributed by atoms with van der Waals surface area (Å²) in [6.45, 7) is 5.85. The number of halogens is 5. The van der Waals surface area contributed by atoms with Crippen LogP contribution in [0.25, 0.3) is 0 Å². The highest BCUT2D eigenvalue weighted by Crippen LogP contribution is 2.32. The van der Waals surface area contributed by atoms with Gasteiger partial charge in [0.1, 0.15) is 5.82 Å². The molecule has 0 saturated carbocycles. The van der Waals surface area contributed by atoms with Crippen molar-refractivity contribution in [3.63, 3.8) is 0 Å². The second-order valence-corrected chi connectivity index (χ2v) is 6.15. The Labute approximate surface area is 168 Å². The Hall–Kier alpha value is -1.10. The van der Waals surface area contributed by atoms with E-state index in [1.807, 2.05) is 0 Å². The largest absolute Gasteiger partial charge is 0.416 e. The maximum Gasteiger partial charge on any atom is 0.416 e. The number of aliphatic imine (C=N–C) groups is 1. The summed E-state index contributed by atoms with van der Waals surface area (Å²) in [6.07, 6.45) is -3.50. The van der Waals surface area contributed by atoms with Crippen molar-refractivity contribution in [2.45, 2.75) is 26.1 Å². The third-order valence-corrected chi connectivity index (χ3v) is 4.42. The molecule has 1 heterocycles. The van der Waals surface area contributed by atoms with Gasteiger partial charge in [-0.3, -0.25) is 4.99 Å². The molecule has 0 bridgehead atoms. The fourth-order valence-corrected chi connectivity index (χ4v) is 2.97. The SMILES string of the molecule is CCN1CCC(CNC(=NC)NCc2ccc(F)cc2C(F)(F)F)C1.I. The van der Waals surface area contributed by atoms with E-state index in [2.05, 4.69) is 27.4 Å². The van der Waals surface area contributed by atoms with Gasteiger partial charge in [0, 0.05) is 26.7 Å². The summed E-state index contributed by atoms with van der Waals surface area (Å²) >= 11 is 0. The molecule has 2 N–H and O–H groups in total. The molecular formula is C17H25F4IN4. The van der Waals surface area contributed by atoms with Crippen LogP contribution < -0.4 is 10.6 Å². The number of nitrogens with zero attached hydrogens (tertiary/aromatic N) is 2. The second kappa shape index (κ2) is 10.3. The minimum Gasteiger partial charge on any atom is -0.356 e. The lowest BCUT2D eigenvalue weighted by molar-refractivity contribution is -0.138. The van der Waals surface area contributed by atoms with Crippen molar-refractivity contribution < 1.29 is 17.6 Å². The molecule has 1 saturated heterocycles. The molecule has 1 unspecified atom stereocenters. The number of hydrogen-bond donors (Lipinski definition) is 2. The van der Waals surface area contributed by atoms with Crippen molar-refractivity contribution in [2.75, 3.05) is 33.2 Å². The standard InChI is InChI=1S/C17H24F4N4.HI/c1-3-25-7-6-12(11-25)9-23-16(22-2)24-10-13-4-5-14(18)8-15(13)17(19,20)21;/h4-5,8,12H,3,6-7,9-11H2,1-2H3,(H2,22,23,24);1H. The van der Waals surface area contributed by atoms with Crippen molar-refractivity contribution in [1.82, 2.24) is 15.5 Å². The third-order valence-electron chi connectivity index (χ3n) is 4.42. The number of rotatable bonds is 5. The molecule has 1 aromatic rings. The first-order valence-electron chi connectivity index (χ1n) is 8.36. The Morgan fingerprint density at radius 3 is 2.62 bits per heavy atom. The summed E-state index contributed by atoms with van der Waals surface area (Å²) in [5.41, 5.74) is -0.986. The van der Waals surface area contributed by atoms with Gasteiger partial charge in [0.05, 0.1) is 5.56 Å². The van der Waals surface area contributed by atoms with Crippen molar-refractivity contribution in [3.8, 4) is 0 Å². The maximum atomic E-state index is 13.1. The average Bonchev–Trinajstić information content (AvgIpc) is 3.03. The van der Waals surface area contributed by atoms with Crippen molar-refractivity contribution in [1.29, 1.82) is 0 Å². The molecule has 0 aromatic heterocycles. The molecule has 1 aliphatic rings. The predicted molar refractivity (Wildman–Crippen MR) is 105 cm³/mol. The monoisotopic (exact) mass is 488 g/mol. The molecule has 1 atom stereocenters. The fraction of sp³-hybridized carbons (Fsp3) is 0.588. The summed E-state index contributed by atoms with van der Waals surface area (Å²) in [5, 5.41) is 6.02. The quantitative estimate of drug-likeness (QED) is 0.289. The first-order valence-corrected chi connectivity index (χ1v) is 8.36. The highest BCUT2D eigenvalue weighted by molar-refractivity contribution is 14.0. The van der Waals surface area contributed by atoms with Crippen LogP contribution in [0.15, 0.2) is 23.2 Å². The lowest BCUT2D eigenvalue weighted by atomic mass is 10.1. The minimum atomic E-state index is -4.59. The molecule has 0 amide bonds. The average molecular weight is 488 g/mol. The Bertz CT molecular complexity index is 607. The Morgan fingerprint density at radius 1 is 1.31 bits per heavy atom. The number of benzene rings is 1. The van der Waals surface area contributed by atoms with Gasteiger partial charge in [0.2, 0.25) is 0 Å². The van der Waals surface area contributed by atoms with Gasteiger partial charge in [-0.15, -0.1) is 24.0 Å². The lowest BCUT2D eigenvalue weighted by Crippen LogP contribution is -2.40. The number of guanidine groups is 1. The molecular weight excluding hydrogens is 463 g/mol. The van der Waals surface area contributed by atoms with Crippen LogP contribution in [-0.4, -0.2) is 44.1 Å². The molecule has 2 rings (SSSR count). The van der Waals surface area contributed by atoms with E-state index >= 15 is 0 Å². The van der Waals surface area contributed by atoms with Crippen LogP contribution in [0.3, 0.4) is 0 Å². The van der Waals surface area contributed by atoms with Crippen molar-refractivity contribution >= 4 is 29.9 Å². The van der Waals surface area contributed by atoms with Gasteiger partial charge >= 0.3 is 6.18 Å². The molecule has 26 heavy (non-hydrogen) atoms. The van der Waals surface area contributed by atoms with E-state index in [4.69, 9.17) is 0 Å². The van der Waals surface area contributed by atoms with Gasteiger partial charge in [0.15, 0.2) is 5.96 Å². The summed E-state index contributed by atoms with van der Waals surface area (Å²) in [7, 11) is 1.57. The van der Waals surface area contributed by atoms with Crippen LogP contribution in [0.5, 0.6) is 0 Å². The Kier molecular flexibility index (Phi) is 9.08. The normalized spacial score (nSPS) is 18.5. The van der Waals surface area contributed by atoms with Gasteiger partial charge in [-0.05, 0) is 43.1 Å². The van der Waals surface area contributed by atoms with Gasteiger partial charge < -0.3 is 15.5 Å².